The summed E-state index contributed by atoms with van der Waals surface area (Å²) in [4.78, 5) is 4.20. The molecule has 0 spiro atoms. The molecule has 3 rings (SSSR count). The summed E-state index contributed by atoms with van der Waals surface area (Å²) in [5, 5.41) is 29.0. The van der Waals surface area contributed by atoms with Crippen LogP contribution >= 0.6 is 0 Å². The van der Waals surface area contributed by atoms with Crippen molar-refractivity contribution in [2.24, 2.45) is 0 Å². The second-order valence-electron chi connectivity index (χ2n) is 4.41. The van der Waals surface area contributed by atoms with Gasteiger partial charge in [0.15, 0.2) is 6.23 Å². The van der Waals surface area contributed by atoms with Crippen LogP contribution in [0.1, 0.15) is 6.23 Å². The number of hydrogen-bond donors (Lipinski definition) is 3. The maximum Gasteiger partial charge on any atom is 0.164 e. The Balaban J connectivity index is 1.99. The third-order valence-corrected chi connectivity index (χ3v) is 3.23. The predicted octanol–water partition coefficient (Wildman–Crippen LogP) is -0.352. The molecule has 2 heterocycles. The van der Waals surface area contributed by atoms with E-state index in [0.29, 0.717) is 0 Å². The minimum absolute atomic E-state index is 0.0185. The lowest BCUT2D eigenvalue weighted by Gasteiger charge is -2.35. The number of aliphatic hydroxyl groups excluding tert-OH is 3. The summed E-state index contributed by atoms with van der Waals surface area (Å²) in [7, 11) is 0. The third kappa shape index (κ3) is 1.70. The minimum Gasteiger partial charge on any atom is -0.388 e. The largest absolute Gasteiger partial charge is 0.388 e. The van der Waals surface area contributed by atoms with Crippen molar-refractivity contribution in [1.82, 2.24) is 9.55 Å². The van der Waals surface area contributed by atoms with E-state index in [4.69, 9.17) is 4.74 Å². The van der Waals surface area contributed by atoms with Gasteiger partial charge >= 0.3 is 0 Å². The highest BCUT2D eigenvalue weighted by atomic mass is 16.5. The van der Waals surface area contributed by atoms with E-state index >= 15 is 0 Å². The van der Waals surface area contributed by atoms with Gasteiger partial charge in [-0.15, -0.1) is 0 Å². The maximum atomic E-state index is 9.96. The van der Waals surface area contributed by atoms with Gasteiger partial charge in [0.2, 0.25) is 0 Å². The Morgan fingerprint density at radius 3 is 2.78 bits per heavy atom. The van der Waals surface area contributed by atoms with Crippen LogP contribution in [-0.2, 0) is 4.74 Å². The van der Waals surface area contributed by atoms with E-state index in [1.807, 2.05) is 24.3 Å². The van der Waals surface area contributed by atoms with Crippen LogP contribution in [0.15, 0.2) is 30.6 Å². The van der Waals surface area contributed by atoms with Crippen molar-refractivity contribution in [1.29, 1.82) is 0 Å². The third-order valence-electron chi connectivity index (χ3n) is 3.23. The summed E-state index contributed by atoms with van der Waals surface area (Å²) in [6.45, 7) is -0.0185. The zero-order valence-corrected chi connectivity index (χ0v) is 9.55. The van der Waals surface area contributed by atoms with Gasteiger partial charge in [0.1, 0.15) is 18.3 Å². The smallest absolute Gasteiger partial charge is 0.164 e. The molecule has 1 aliphatic heterocycles. The molecule has 2 aromatic rings. The molecule has 1 fully saturated rings. The van der Waals surface area contributed by atoms with Gasteiger partial charge in [-0.2, -0.15) is 0 Å². The van der Waals surface area contributed by atoms with Crippen LogP contribution in [-0.4, -0.2) is 49.8 Å². The minimum atomic E-state index is -1.22. The molecule has 0 saturated carbocycles. The van der Waals surface area contributed by atoms with Gasteiger partial charge in [-0.25, -0.2) is 4.98 Å². The molecule has 4 atom stereocenters. The SMILES string of the molecule is O[C@@H]1[C@H](O)COC(n2cnc3ccccc32)[C@@H]1O. The second kappa shape index (κ2) is 4.33. The number of nitrogens with zero attached hydrogens (tertiary/aromatic N) is 2. The summed E-state index contributed by atoms with van der Waals surface area (Å²) in [5.74, 6) is 0. The molecule has 0 amide bonds. The Morgan fingerprint density at radius 1 is 1.17 bits per heavy atom. The van der Waals surface area contributed by atoms with E-state index in [2.05, 4.69) is 4.98 Å². The molecule has 1 unspecified atom stereocenters. The lowest BCUT2D eigenvalue weighted by atomic mass is 10.0. The highest BCUT2D eigenvalue weighted by Gasteiger charge is 2.38. The van der Waals surface area contributed by atoms with E-state index in [1.54, 1.807) is 10.9 Å². The summed E-state index contributed by atoms with van der Waals surface area (Å²) in [5.41, 5.74) is 1.60. The van der Waals surface area contributed by atoms with Gasteiger partial charge in [-0.3, -0.25) is 0 Å². The molecule has 6 nitrogen and oxygen atoms in total. The Kier molecular flexibility index (Phi) is 2.79. The van der Waals surface area contributed by atoms with Gasteiger partial charge in [0.05, 0.1) is 24.0 Å². The van der Waals surface area contributed by atoms with E-state index in [-0.39, 0.29) is 6.61 Å². The van der Waals surface area contributed by atoms with Crippen molar-refractivity contribution in [2.75, 3.05) is 6.61 Å². The molecule has 1 aromatic heterocycles. The summed E-state index contributed by atoms with van der Waals surface area (Å²) >= 11 is 0. The van der Waals surface area contributed by atoms with E-state index in [0.717, 1.165) is 11.0 Å². The lowest BCUT2D eigenvalue weighted by molar-refractivity contribution is -0.209. The van der Waals surface area contributed by atoms with E-state index < -0.39 is 24.5 Å². The van der Waals surface area contributed by atoms with E-state index in [1.165, 1.54) is 0 Å². The van der Waals surface area contributed by atoms with Crippen LogP contribution in [0.5, 0.6) is 0 Å². The van der Waals surface area contributed by atoms with Gasteiger partial charge < -0.3 is 24.6 Å². The number of aliphatic hydroxyl groups is 3. The molecule has 0 radical (unpaired) electrons. The van der Waals surface area contributed by atoms with Crippen molar-refractivity contribution in [3.05, 3.63) is 30.6 Å². The number of para-hydroxylation sites is 2. The molecule has 6 heteroatoms. The van der Waals surface area contributed by atoms with Crippen molar-refractivity contribution in [2.45, 2.75) is 24.5 Å². The number of fused-ring (bicyclic) bond motifs is 1. The number of ether oxygens (including phenoxy) is 1. The Labute approximate surface area is 103 Å². The average Bonchev–Trinajstić information content (AvgIpc) is 2.80. The molecule has 96 valence electrons. The number of benzene rings is 1. The first-order valence-electron chi connectivity index (χ1n) is 5.76. The van der Waals surface area contributed by atoms with Crippen molar-refractivity contribution < 1.29 is 20.1 Å². The zero-order chi connectivity index (χ0) is 12.7. The molecule has 18 heavy (non-hydrogen) atoms. The van der Waals surface area contributed by atoms with Gasteiger partial charge in [-0.1, -0.05) is 12.1 Å². The summed E-state index contributed by atoms with van der Waals surface area (Å²) in [6, 6.07) is 7.44. The quantitative estimate of drug-likeness (QED) is 0.644. The molecule has 1 aromatic carbocycles. The summed E-state index contributed by atoms with van der Waals surface area (Å²) in [6.07, 6.45) is -2.65. The molecular formula is C12H14N2O4. The van der Waals surface area contributed by atoms with Crippen molar-refractivity contribution in [3.63, 3.8) is 0 Å². The van der Waals surface area contributed by atoms with Crippen molar-refractivity contribution >= 4 is 11.0 Å². The van der Waals surface area contributed by atoms with Crippen LogP contribution in [0, 0.1) is 0 Å². The number of hydrogen-bond acceptors (Lipinski definition) is 5. The molecular weight excluding hydrogens is 236 g/mol. The molecule has 3 N–H and O–H groups in total. The average molecular weight is 250 g/mol. The Morgan fingerprint density at radius 2 is 1.94 bits per heavy atom. The first-order chi connectivity index (χ1) is 8.68. The van der Waals surface area contributed by atoms with Gasteiger partial charge in [0, 0.05) is 0 Å². The van der Waals surface area contributed by atoms with Crippen LogP contribution in [0.2, 0.25) is 0 Å². The van der Waals surface area contributed by atoms with Gasteiger partial charge in [-0.05, 0) is 12.1 Å². The van der Waals surface area contributed by atoms with Crippen LogP contribution < -0.4 is 0 Å². The first-order valence-corrected chi connectivity index (χ1v) is 5.76. The molecule has 0 aliphatic carbocycles. The standard InChI is InChI=1S/C12H14N2O4/c15-9-5-18-12(11(17)10(9)16)14-6-13-7-3-1-2-4-8(7)14/h1-4,6,9-12,15-17H,5H2/t9-,10-,11-,12?/m1/s1. The highest BCUT2D eigenvalue weighted by Crippen LogP contribution is 2.27. The first kappa shape index (κ1) is 11.6. The molecule has 1 aliphatic rings. The zero-order valence-electron chi connectivity index (χ0n) is 9.55. The summed E-state index contributed by atoms with van der Waals surface area (Å²) < 4.78 is 7.05. The number of imidazole rings is 1. The fourth-order valence-electron chi connectivity index (χ4n) is 2.22. The fourth-order valence-corrected chi connectivity index (χ4v) is 2.22. The topological polar surface area (TPSA) is 87.7 Å². The fraction of sp³-hybridized carbons (Fsp3) is 0.417. The number of rotatable bonds is 1. The predicted molar refractivity (Wildman–Crippen MR) is 62.7 cm³/mol. The van der Waals surface area contributed by atoms with E-state index in [9.17, 15) is 15.3 Å². The lowest BCUT2D eigenvalue weighted by Crippen LogP contribution is -2.50. The van der Waals surface area contributed by atoms with Crippen molar-refractivity contribution in [3.8, 4) is 0 Å². The second-order valence-corrected chi connectivity index (χ2v) is 4.41. The monoisotopic (exact) mass is 250 g/mol. The Hall–Kier alpha value is -1.47. The molecule has 1 saturated heterocycles. The number of aromatic nitrogens is 2. The van der Waals surface area contributed by atoms with Crippen LogP contribution in [0.3, 0.4) is 0 Å². The molecule has 0 bridgehead atoms. The Bertz CT molecular complexity index is 556. The van der Waals surface area contributed by atoms with Crippen LogP contribution in [0.25, 0.3) is 11.0 Å². The highest BCUT2D eigenvalue weighted by molar-refractivity contribution is 5.75. The normalized spacial score (nSPS) is 32.8. The van der Waals surface area contributed by atoms with Crippen LogP contribution in [0.4, 0.5) is 0 Å². The van der Waals surface area contributed by atoms with Gasteiger partial charge in [0.25, 0.3) is 0 Å². The maximum absolute atomic E-state index is 9.96.